The first-order valence-electron chi connectivity index (χ1n) is 5.36. The summed E-state index contributed by atoms with van der Waals surface area (Å²) in [6.07, 6.45) is 1.58. The van der Waals surface area contributed by atoms with Crippen LogP contribution < -0.4 is 5.73 Å². The molecule has 1 aromatic carbocycles. The molecule has 0 saturated heterocycles. The summed E-state index contributed by atoms with van der Waals surface area (Å²) in [6.45, 7) is 4.13. The number of halogens is 3. The van der Waals surface area contributed by atoms with Gasteiger partial charge in [0.1, 0.15) is 5.82 Å². The molecule has 0 saturated carbocycles. The van der Waals surface area contributed by atoms with E-state index < -0.39 is 23.5 Å². The van der Waals surface area contributed by atoms with Gasteiger partial charge in [-0.1, -0.05) is 6.08 Å². The summed E-state index contributed by atoms with van der Waals surface area (Å²) in [7, 11) is 0. The summed E-state index contributed by atoms with van der Waals surface area (Å²) in [6, 6.07) is 0.850. The summed E-state index contributed by atoms with van der Waals surface area (Å²) in [5, 5.41) is 0. The molecule has 96 valence electrons. The SMILES string of the molecule is C=CCN1C(N)=NCC1c1cc(F)c(F)cc1F. The van der Waals surface area contributed by atoms with Crippen LogP contribution in [0.5, 0.6) is 0 Å². The van der Waals surface area contributed by atoms with Crippen LogP contribution in [-0.4, -0.2) is 23.9 Å². The van der Waals surface area contributed by atoms with E-state index in [0.29, 0.717) is 12.6 Å². The Bertz CT molecular complexity index is 514. The predicted octanol–water partition coefficient (Wildman–Crippen LogP) is 1.96. The Morgan fingerprint density at radius 1 is 1.33 bits per heavy atom. The summed E-state index contributed by atoms with van der Waals surface area (Å²) in [5.41, 5.74) is 5.69. The van der Waals surface area contributed by atoms with Crippen molar-refractivity contribution < 1.29 is 13.2 Å². The Balaban J connectivity index is 2.37. The van der Waals surface area contributed by atoms with Crippen LogP contribution in [0.1, 0.15) is 11.6 Å². The van der Waals surface area contributed by atoms with Crippen LogP contribution in [0.4, 0.5) is 13.2 Å². The maximum absolute atomic E-state index is 13.7. The minimum absolute atomic E-state index is 0.0416. The standard InChI is InChI=1S/C12H12F3N3/c1-2-3-18-11(6-17-12(18)16)7-4-9(14)10(15)5-8(7)13/h2,4-5,11H,1,3,6H2,(H2,16,17). The third kappa shape index (κ3) is 2.05. The zero-order valence-corrected chi connectivity index (χ0v) is 9.54. The molecule has 1 unspecified atom stereocenters. The number of rotatable bonds is 3. The van der Waals surface area contributed by atoms with Crippen LogP contribution in [-0.2, 0) is 0 Å². The maximum atomic E-state index is 13.7. The zero-order valence-electron chi connectivity index (χ0n) is 9.54. The molecule has 0 spiro atoms. The molecular formula is C12H12F3N3. The van der Waals surface area contributed by atoms with Crippen molar-refractivity contribution in [2.75, 3.05) is 13.1 Å². The number of aliphatic imine (C=N–C) groups is 1. The summed E-state index contributed by atoms with van der Waals surface area (Å²) < 4.78 is 39.7. The van der Waals surface area contributed by atoms with E-state index in [9.17, 15) is 13.2 Å². The lowest BCUT2D eigenvalue weighted by molar-refractivity contribution is 0.364. The van der Waals surface area contributed by atoms with Crippen LogP contribution in [0.25, 0.3) is 0 Å². The van der Waals surface area contributed by atoms with Gasteiger partial charge in [-0.15, -0.1) is 6.58 Å². The van der Waals surface area contributed by atoms with Crippen molar-refractivity contribution in [3.05, 3.63) is 47.8 Å². The van der Waals surface area contributed by atoms with E-state index in [1.807, 2.05) is 0 Å². The zero-order chi connectivity index (χ0) is 13.3. The van der Waals surface area contributed by atoms with E-state index in [-0.39, 0.29) is 18.1 Å². The average Bonchev–Trinajstić information content (AvgIpc) is 2.67. The second kappa shape index (κ2) is 4.72. The van der Waals surface area contributed by atoms with Gasteiger partial charge in [-0.05, 0) is 6.07 Å². The van der Waals surface area contributed by atoms with Crippen LogP contribution in [0, 0.1) is 17.5 Å². The molecule has 0 radical (unpaired) electrons. The normalized spacial score (nSPS) is 18.9. The lowest BCUT2D eigenvalue weighted by Crippen LogP contribution is -2.36. The molecule has 1 aromatic rings. The number of guanidine groups is 1. The van der Waals surface area contributed by atoms with Gasteiger partial charge >= 0.3 is 0 Å². The summed E-state index contributed by atoms with van der Waals surface area (Å²) >= 11 is 0. The van der Waals surface area contributed by atoms with E-state index in [2.05, 4.69) is 11.6 Å². The quantitative estimate of drug-likeness (QED) is 0.662. The fraction of sp³-hybridized carbons (Fsp3) is 0.250. The van der Waals surface area contributed by atoms with Crippen molar-refractivity contribution in [3.8, 4) is 0 Å². The molecule has 0 fully saturated rings. The average molecular weight is 255 g/mol. The van der Waals surface area contributed by atoms with E-state index in [0.717, 1.165) is 6.07 Å². The Hall–Kier alpha value is -1.98. The number of nitrogens with two attached hydrogens (primary N) is 1. The van der Waals surface area contributed by atoms with Crippen LogP contribution in [0.15, 0.2) is 29.8 Å². The van der Waals surface area contributed by atoms with E-state index in [1.54, 1.807) is 11.0 Å². The molecule has 6 heteroatoms. The minimum Gasteiger partial charge on any atom is -0.370 e. The monoisotopic (exact) mass is 255 g/mol. The van der Waals surface area contributed by atoms with Gasteiger partial charge < -0.3 is 10.6 Å². The number of hydrogen-bond donors (Lipinski definition) is 1. The van der Waals surface area contributed by atoms with Gasteiger partial charge in [0.15, 0.2) is 17.6 Å². The molecule has 0 aliphatic carbocycles. The topological polar surface area (TPSA) is 41.6 Å². The van der Waals surface area contributed by atoms with Crippen LogP contribution in [0.2, 0.25) is 0 Å². The highest BCUT2D eigenvalue weighted by Gasteiger charge is 2.29. The molecule has 18 heavy (non-hydrogen) atoms. The molecular weight excluding hydrogens is 243 g/mol. The third-order valence-electron chi connectivity index (χ3n) is 2.82. The predicted molar refractivity (Wildman–Crippen MR) is 62.4 cm³/mol. The van der Waals surface area contributed by atoms with Gasteiger partial charge in [0.25, 0.3) is 0 Å². The molecule has 0 bridgehead atoms. The van der Waals surface area contributed by atoms with Crippen LogP contribution >= 0.6 is 0 Å². The van der Waals surface area contributed by atoms with Crippen molar-refractivity contribution in [2.24, 2.45) is 10.7 Å². The number of benzene rings is 1. The number of nitrogens with zero attached hydrogens (tertiary/aromatic N) is 2. The molecule has 3 nitrogen and oxygen atoms in total. The highest BCUT2D eigenvalue weighted by atomic mass is 19.2. The molecule has 1 aliphatic rings. The summed E-state index contributed by atoms with van der Waals surface area (Å²) in [4.78, 5) is 5.56. The van der Waals surface area contributed by atoms with Gasteiger partial charge in [-0.2, -0.15) is 0 Å². The first kappa shape index (κ1) is 12.5. The smallest absolute Gasteiger partial charge is 0.192 e. The van der Waals surface area contributed by atoms with E-state index in [4.69, 9.17) is 5.73 Å². The first-order valence-corrected chi connectivity index (χ1v) is 5.36. The van der Waals surface area contributed by atoms with E-state index >= 15 is 0 Å². The Kier molecular flexibility index (Phi) is 3.27. The van der Waals surface area contributed by atoms with Gasteiger partial charge in [-0.25, -0.2) is 13.2 Å². The van der Waals surface area contributed by atoms with Crippen molar-refractivity contribution >= 4 is 5.96 Å². The van der Waals surface area contributed by atoms with Crippen molar-refractivity contribution in [1.29, 1.82) is 0 Å². The van der Waals surface area contributed by atoms with Gasteiger partial charge in [0.05, 0.1) is 12.6 Å². The lowest BCUT2D eigenvalue weighted by atomic mass is 10.1. The second-order valence-corrected chi connectivity index (χ2v) is 3.94. The molecule has 0 amide bonds. The number of hydrogen-bond acceptors (Lipinski definition) is 3. The second-order valence-electron chi connectivity index (χ2n) is 3.94. The van der Waals surface area contributed by atoms with E-state index in [1.165, 1.54) is 0 Å². The Labute approximate surface area is 102 Å². The summed E-state index contributed by atoms with van der Waals surface area (Å²) in [5.74, 6) is -2.87. The molecule has 0 aromatic heterocycles. The largest absolute Gasteiger partial charge is 0.370 e. The third-order valence-corrected chi connectivity index (χ3v) is 2.82. The Morgan fingerprint density at radius 2 is 2.00 bits per heavy atom. The van der Waals surface area contributed by atoms with Gasteiger partial charge in [-0.3, -0.25) is 4.99 Å². The van der Waals surface area contributed by atoms with Crippen LogP contribution in [0.3, 0.4) is 0 Å². The van der Waals surface area contributed by atoms with Crippen molar-refractivity contribution in [2.45, 2.75) is 6.04 Å². The van der Waals surface area contributed by atoms with Crippen molar-refractivity contribution in [3.63, 3.8) is 0 Å². The fourth-order valence-corrected chi connectivity index (χ4v) is 1.95. The molecule has 1 atom stereocenters. The Morgan fingerprint density at radius 3 is 2.67 bits per heavy atom. The lowest BCUT2D eigenvalue weighted by Gasteiger charge is -2.25. The highest BCUT2D eigenvalue weighted by molar-refractivity contribution is 5.80. The van der Waals surface area contributed by atoms with Gasteiger partial charge in [0, 0.05) is 18.2 Å². The highest BCUT2D eigenvalue weighted by Crippen LogP contribution is 2.28. The van der Waals surface area contributed by atoms with Gasteiger partial charge in [0.2, 0.25) is 0 Å². The molecule has 1 aliphatic heterocycles. The molecule has 1 heterocycles. The minimum atomic E-state index is -1.21. The molecule has 2 rings (SSSR count). The fourth-order valence-electron chi connectivity index (χ4n) is 1.95. The van der Waals surface area contributed by atoms with Crippen molar-refractivity contribution in [1.82, 2.24) is 4.90 Å². The maximum Gasteiger partial charge on any atom is 0.192 e. The first-order chi connectivity index (χ1) is 8.54. The molecule has 2 N–H and O–H groups in total.